The normalized spacial score (nSPS) is 14.2. The van der Waals surface area contributed by atoms with E-state index in [1.807, 2.05) is 30.3 Å². The van der Waals surface area contributed by atoms with Gasteiger partial charge in [-0.3, -0.25) is 9.59 Å². The number of hydrogen-bond acceptors (Lipinski definition) is 10. The Morgan fingerprint density at radius 1 is 0.681 bits per heavy atom. The van der Waals surface area contributed by atoms with Crippen molar-refractivity contribution in [2.24, 2.45) is 0 Å². The highest BCUT2D eigenvalue weighted by Crippen LogP contribution is 2.26. The molecule has 8 rings (SSSR count). The number of nitrogens with one attached hydrogen (secondary N) is 1. The van der Waals surface area contributed by atoms with Gasteiger partial charge in [0.15, 0.2) is 21.7 Å². The maximum Gasteiger partial charge on any atom is 0.198 e. The topological polar surface area (TPSA) is 158 Å². The number of aryl methyl sites for hydroxylation is 2. The van der Waals surface area contributed by atoms with Gasteiger partial charge >= 0.3 is 0 Å². The summed E-state index contributed by atoms with van der Waals surface area (Å²) in [6, 6.07) is 12.0. The number of nitrogens with two attached hydrogens (primary N) is 1. The van der Waals surface area contributed by atoms with Gasteiger partial charge in [0.25, 0.3) is 0 Å². The van der Waals surface area contributed by atoms with E-state index in [0.29, 0.717) is 63.6 Å². The van der Waals surface area contributed by atoms with Gasteiger partial charge in [-0.1, -0.05) is 12.1 Å². The fraction of sp³-hybridized carbons (Fsp3) is 0.250. The van der Waals surface area contributed by atoms with Gasteiger partial charge in [-0.05, 0) is 120 Å². The van der Waals surface area contributed by atoms with E-state index in [-0.39, 0.29) is 0 Å². The molecular formula is C32H29Br3N10O2. The lowest BCUT2D eigenvalue weighted by Crippen LogP contribution is -2.03. The first kappa shape index (κ1) is 32.8. The number of carbonyl (C=O) groups excluding carboxylic acids is 2. The van der Waals surface area contributed by atoms with Gasteiger partial charge in [0.2, 0.25) is 0 Å². The third-order valence-electron chi connectivity index (χ3n) is 7.70. The molecule has 3 N–H and O–H groups in total. The van der Waals surface area contributed by atoms with Crippen LogP contribution >= 0.6 is 47.8 Å². The van der Waals surface area contributed by atoms with E-state index in [9.17, 15) is 9.59 Å². The van der Waals surface area contributed by atoms with Crippen molar-refractivity contribution in [3.05, 3.63) is 97.5 Å². The van der Waals surface area contributed by atoms with E-state index in [0.717, 1.165) is 52.8 Å². The van der Waals surface area contributed by atoms with E-state index in [4.69, 9.17) is 5.73 Å². The Hall–Kier alpha value is -4.08. The molecule has 6 aromatic rings. The lowest BCUT2D eigenvalue weighted by Gasteiger charge is -2.11. The van der Waals surface area contributed by atoms with Crippen molar-refractivity contribution in [3.63, 3.8) is 0 Å². The number of Topliss-reactive ketones (excluding diaryl/α,β-unsaturated/α-hetero) is 2. The van der Waals surface area contributed by atoms with Gasteiger partial charge < -0.3 is 11.1 Å². The molecule has 0 bridgehead atoms. The van der Waals surface area contributed by atoms with E-state index >= 15 is 0 Å². The number of halogens is 3. The summed E-state index contributed by atoms with van der Waals surface area (Å²) in [5.74, 6) is 1.27. The van der Waals surface area contributed by atoms with Crippen LogP contribution in [0.2, 0.25) is 0 Å². The SMILES string of the molecule is Brc1cn2ncnc2c(Br)n1.Nc1ccc2c(c1)CC(=O)CCC2.O=C1CCCc2ccc(Nc3nc(Br)cn4ncnc34)cc2C1. The summed E-state index contributed by atoms with van der Waals surface area (Å²) in [6.07, 6.45) is 12.8. The summed E-state index contributed by atoms with van der Waals surface area (Å²) in [5, 5.41) is 11.4. The summed E-state index contributed by atoms with van der Waals surface area (Å²) < 4.78 is 5.38. The van der Waals surface area contributed by atoms with Gasteiger partial charge in [-0.15, -0.1) is 0 Å². The highest BCUT2D eigenvalue weighted by atomic mass is 79.9. The predicted molar refractivity (Wildman–Crippen MR) is 189 cm³/mol. The summed E-state index contributed by atoms with van der Waals surface area (Å²) >= 11 is 9.88. The van der Waals surface area contributed by atoms with Crippen LogP contribution in [-0.4, -0.2) is 50.7 Å². The molecule has 15 heteroatoms. The fourth-order valence-corrected chi connectivity index (χ4v) is 6.96. The number of nitrogens with zero attached hydrogens (tertiary/aromatic N) is 8. The van der Waals surface area contributed by atoms with Crippen LogP contribution in [0.5, 0.6) is 0 Å². The van der Waals surface area contributed by atoms with Gasteiger partial charge in [0, 0.05) is 37.1 Å². The van der Waals surface area contributed by atoms with Crippen LogP contribution in [0.15, 0.2) is 75.3 Å². The highest BCUT2D eigenvalue weighted by Gasteiger charge is 2.16. The predicted octanol–water partition coefficient (Wildman–Crippen LogP) is 6.44. The molecule has 4 heterocycles. The molecule has 0 aliphatic heterocycles. The van der Waals surface area contributed by atoms with Crippen LogP contribution in [-0.2, 0) is 35.3 Å². The Balaban J connectivity index is 0.000000136. The second-order valence-corrected chi connectivity index (χ2v) is 13.5. The van der Waals surface area contributed by atoms with Crippen molar-refractivity contribution >= 4 is 87.8 Å². The molecule has 47 heavy (non-hydrogen) atoms. The molecule has 2 aliphatic carbocycles. The molecule has 0 atom stereocenters. The minimum Gasteiger partial charge on any atom is -0.399 e. The van der Waals surface area contributed by atoms with Crippen LogP contribution in [0.3, 0.4) is 0 Å². The summed E-state index contributed by atoms with van der Waals surface area (Å²) in [6.45, 7) is 0. The molecule has 2 aliphatic rings. The van der Waals surface area contributed by atoms with Gasteiger partial charge in [0.1, 0.15) is 33.4 Å². The molecule has 240 valence electrons. The van der Waals surface area contributed by atoms with Crippen molar-refractivity contribution in [2.45, 2.75) is 51.4 Å². The maximum atomic E-state index is 11.8. The van der Waals surface area contributed by atoms with Crippen molar-refractivity contribution < 1.29 is 9.59 Å². The van der Waals surface area contributed by atoms with E-state index < -0.39 is 0 Å². The molecule has 0 unspecified atom stereocenters. The van der Waals surface area contributed by atoms with Gasteiger partial charge in [-0.2, -0.15) is 10.2 Å². The number of nitrogen functional groups attached to an aromatic ring is 1. The zero-order valence-electron chi connectivity index (χ0n) is 25.0. The zero-order valence-corrected chi connectivity index (χ0v) is 29.8. The van der Waals surface area contributed by atoms with Crippen LogP contribution < -0.4 is 11.1 Å². The fourth-order valence-electron chi connectivity index (χ4n) is 5.51. The molecule has 12 nitrogen and oxygen atoms in total. The molecule has 4 aromatic heterocycles. The van der Waals surface area contributed by atoms with Crippen molar-refractivity contribution in [1.29, 1.82) is 0 Å². The van der Waals surface area contributed by atoms with E-state index in [1.54, 1.807) is 21.4 Å². The standard InChI is InChI=1S/C16H14BrN5O.C11H13NO.C5H2Br2N4/c17-14-8-22-16(18-9-19-22)15(21-14)20-12-5-4-10-2-1-3-13(23)7-11(10)6-12;12-10-5-4-8-2-1-3-11(13)7-9(8)6-10;6-3-1-11-5(4(7)10-3)8-2-9-11/h4-6,8-9H,1-3,7H2,(H,20,21);4-6H,1-3,7,12H2;1-2H. The number of aromatic nitrogens is 8. The maximum absolute atomic E-state index is 11.8. The Morgan fingerprint density at radius 3 is 1.94 bits per heavy atom. The first-order valence-corrected chi connectivity index (χ1v) is 17.3. The number of hydrogen-bond donors (Lipinski definition) is 2. The Bertz CT molecular complexity index is 2100. The van der Waals surface area contributed by atoms with Crippen molar-refractivity contribution in [3.8, 4) is 0 Å². The first-order chi connectivity index (χ1) is 22.7. The molecule has 0 spiro atoms. The highest BCUT2D eigenvalue weighted by molar-refractivity contribution is 9.11. The lowest BCUT2D eigenvalue weighted by atomic mass is 10.0. The molecule has 0 radical (unpaired) electrons. The largest absolute Gasteiger partial charge is 0.399 e. The average molecular weight is 825 g/mol. The Morgan fingerprint density at radius 2 is 1.26 bits per heavy atom. The minimum absolute atomic E-state index is 0.307. The smallest absolute Gasteiger partial charge is 0.198 e. The number of anilines is 3. The number of benzene rings is 2. The van der Waals surface area contributed by atoms with Crippen molar-refractivity contribution in [2.75, 3.05) is 11.1 Å². The molecule has 2 aromatic carbocycles. The monoisotopic (exact) mass is 822 g/mol. The Kier molecular flexibility index (Phi) is 10.3. The third-order valence-corrected chi connectivity index (χ3v) is 9.00. The summed E-state index contributed by atoms with van der Waals surface area (Å²) in [7, 11) is 0. The average Bonchev–Trinajstić information content (AvgIpc) is 3.61. The Labute approximate surface area is 295 Å². The van der Waals surface area contributed by atoms with Crippen LogP contribution in [0.4, 0.5) is 17.2 Å². The molecule has 0 saturated carbocycles. The lowest BCUT2D eigenvalue weighted by molar-refractivity contribution is -0.119. The summed E-state index contributed by atoms with van der Waals surface area (Å²) in [4.78, 5) is 39.9. The summed E-state index contributed by atoms with van der Waals surface area (Å²) in [5.41, 5.74) is 13.5. The molecule has 0 amide bonds. The third kappa shape index (κ3) is 8.26. The van der Waals surface area contributed by atoms with E-state index in [1.165, 1.54) is 23.8 Å². The van der Waals surface area contributed by atoms with E-state index in [2.05, 4.69) is 89.3 Å². The van der Waals surface area contributed by atoms with Gasteiger partial charge in [0.05, 0.1) is 12.4 Å². The second kappa shape index (κ2) is 14.8. The first-order valence-electron chi connectivity index (χ1n) is 14.9. The number of rotatable bonds is 2. The molecule has 0 saturated heterocycles. The van der Waals surface area contributed by atoms with Crippen LogP contribution in [0.25, 0.3) is 11.3 Å². The molecule has 0 fully saturated rings. The van der Waals surface area contributed by atoms with Crippen molar-refractivity contribution in [1.82, 2.24) is 39.2 Å². The quantitative estimate of drug-likeness (QED) is 0.147. The zero-order chi connectivity index (χ0) is 32.9. The second-order valence-electron chi connectivity index (χ2n) is 11.1. The van der Waals surface area contributed by atoms with Crippen LogP contribution in [0, 0.1) is 0 Å². The molecular weight excluding hydrogens is 796 g/mol. The number of carbonyl (C=O) groups is 2. The number of fused-ring (bicyclic) bond motifs is 4. The minimum atomic E-state index is 0.307. The van der Waals surface area contributed by atoms with Crippen LogP contribution in [0.1, 0.15) is 47.9 Å². The number of ketones is 2. The van der Waals surface area contributed by atoms with Gasteiger partial charge in [-0.25, -0.2) is 29.0 Å².